The monoisotopic (exact) mass is 196 g/mol. The molecule has 0 saturated carbocycles. The number of carbonyl (C=O) groups is 2. The van der Waals surface area contributed by atoms with Gasteiger partial charge >= 0.3 is 0 Å². The van der Waals surface area contributed by atoms with E-state index >= 15 is 0 Å². The first kappa shape index (κ1) is 10.7. The number of rotatable bonds is 2. The van der Waals surface area contributed by atoms with Crippen molar-refractivity contribution in [2.45, 2.75) is 19.9 Å². The zero-order chi connectivity index (χ0) is 10.7. The summed E-state index contributed by atoms with van der Waals surface area (Å²) >= 11 is 0. The molecule has 14 heavy (non-hydrogen) atoms. The molecule has 1 saturated heterocycles. The summed E-state index contributed by atoms with van der Waals surface area (Å²) in [6, 6.07) is 1.28. The van der Waals surface area contributed by atoms with Crippen LogP contribution in [-0.2, 0) is 14.3 Å². The maximum atomic E-state index is 11.3. The number of hydrogen-bond acceptors (Lipinski definition) is 4. The number of nitriles is 1. The van der Waals surface area contributed by atoms with E-state index in [4.69, 9.17) is 10.00 Å². The maximum absolute atomic E-state index is 11.3. The SMILES string of the molecule is CC(C)C(C#N)N1C(=O)COCC1=O. The Labute approximate surface area is 82.2 Å². The van der Waals surface area contributed by atoms with Crippen LogP contribution in [0.1, 0.15) is 13.8 Å². The van der Waals surface area contributed by atoms with E-state index < -0.39 is 17.9 Å². The van der Waals surface area contributed by atoms with Crippen LogP contribution in [0.25, 0.3) is 0 Å². The minimum atomic E-state index is -0.682. The first-order valence-electron chi connectivity index (χ1n) is 4.40. The van der Waals surface area contributed by atoms with Gasteiger partial charge in [0, 0.05) is 0 Å². The van der Waals surface area contributed by atoms with Gasteiger partial charge in [0.1, 0.15) is 19.3 Å². The molecule has 2 amide bonds. The molecule has 1 heterocycles. The molecule has 0 radical (unpaired) electrons. The van der Waals surface area contributed by atoms with Crippen LogP contribution < -0.4 is 0 Å². The molecule has 1 aliphatic rings. The van der Waals surface area contributed by atoms with E-state index in [1.54, 1.807) is 13.8 Å². The molecule has 0 aromatic rings. The van der Waals surface area contributed by atoms with E-state index in [0.717, 1.165) is 4.90 Å². The van der Waals surface area contributed by atoms with Crippen LogP contribution in [0.2, 0.25) is 0 Å². The van der Waals surface area contributed by atoms with Crippen molar-refractivity contribution in [1.82, 2.24) is 4.90 Å². The summed E-state index contributed by atoms with van der Waals surface area (Å²) in [4.78, 5) is 23.7. The Hall–Kier alpha value is -1.41. The standard InChI is InChI=1S/C9H12N2O3/c1-6(2)7(3-10)11-8(12)4-14-5-9(11)13/h6-7H,4-5H2,1-2H3. The highest BCUT2D eigenvalue weighted by Crippen LogP contribution is 2.13. The first-order chi connectivity index (χ1) is 6.57. The number of hydrogen-bond donors (Lipinski definition) is 0. The molecule has 0 bridgehead atoms. The lowest BCUT2D eigenvalue weighted by atomic mass is 10.0. The second-order valence-corrected chi connectivity index (χ2v) is 3.47. The van der Waals surface area contributed by atoms with Gasteiger partial charge in [-0.25, -0.2) is 0 Å². The fraction of sp³-hybridized carbons (Fsp3) is 0.667. The summed E-state index contributed by atoms with van der Waals surface area (Å²) in [5.74, 6) is -0.922. The van der Waals surface area contributed by atoms with Gasteiger partial charge in [-0.05, 0) is 5.92 Å². The Morgan fingerprint density at radius 2 is 1.86 bits per heavy atom. The largest absolute Gasteiger partial charge is 0.362 e. The van der Waals surface area contributed by atoms with Gasteiger partial charge in [0.05, 0.1) is 6.07 Å². The lowest BCUT2D eigenvalue weighted by molar-refractivity contribution is -0.161. The van der Waals surface area contributed by atoms with Gasteiger partial charge in [-0.1, -0.05) is 13.8 Å². The van der Waals surface area contributed by atoms with Crippen molar-refractivity contribution in [2.75, 3.05) is 13.2 Å². The normalized spacial score (nSPS) is 19.7. The van der Waals surface area contributed by atoms with E-state index in [-0.39, 0.29) is 19.1 Å². The van der Waals surface area contributed by atoms with E-state index in [2.05, 4.69) is 0 Å². The molecule has 1 fully saturated rings. The summed E-state index contributed by atoms with van der Waals surface area (Å²) < 4.78 is 4.75. The van der Waals surface area contributed by atoms with Crippen molar-refractivity contribution in [3.63, 3.8) is 0 Å². The average molecular weight is 196 g/mol. The van der Waals surface area contributed by atoms with Crippen LogP contribution in [0.15, 0.2) is 0 Å². The molecule has 1 atom stereocenters. The lowest BCUT2D eigenvalue weighted by Crippen LogP contribution is -2.52. The van der Waals surface area contributed by atoms with Crippen molar-refractivity contribution in [2.24, 2.45) is 5.92 Å². The number of imide groups is 1. The maximum Gasteiger partial charge on any atom is 0.256 e. The number of ether oxygens (including phenoxy) is 1. The third-order valence-corrected chi connectivity index (χ3v) is 2.03. The summed E-state index contributed by atoms with van der Waals surface area (Å²) in [5, 5.41) is 8.85. The highest BCUT2D eigenvalue weighted by atomic mass is 16.5. The van der Waals surface area contributed by atoms with E-state index in [0.29, 0.717) is 0 Å². The smallest absolute Gasteiger partial charge is 0.256 e. The Balaban J connectivity index is 2.87. The molecule has 0 aromatic heterocycles. The van der Waals surface area contributed by atoms with Crippen LogP contribution in [0.4, 0.5) is 0 Å². The predicted molar refractivity (Wildman–Crippen MR) is 46.9 cm³/mol. The van der Waals surface area contributed by atoms with Crippen molar-refractivity contribution in [1.29, 1.82) is 5.26 Å². The van der Waals surface area contributed by atoms with Crippen LogP contribution in [-0.4, -0.2) is 36.0 Å². The third kappa shape index (κ3) is 1.91. The predicted octanol–water partition coefficient (Wildman–Crippen LogP) is -0.0800. The summed E-state index contributed by atoms with van der Waals surface area (Å²) in [6.45, 7) is 3.36. The van der Waals surface area contributed by atoms with Crippen molar-refractivity contribution in [3.05, 3.63) is 0 Å². The summed E-state index contributed by atoms with van der Waals surface area (Å²) in [6.07, 6.45) is 0. The second-order valence-electron chi connectivity index (χ2n) is 3.47. The number of nitrogens with zero attached hydrogens (tertiary/aromatic N) is 2. The Morgan fingerprint density at radius 1 is 1.36 bits per heavy atom. The van der Waals surface area contributed by atoms with Crippen molar-refractivity contribution in [3.8, 4) is 6.07 Å². The van der Waals surface area contributed by atoms with Crippen LogP contribution in [0, 0.1) is 17.2 Å². The van der Waals surface area contributed by atoms with Crippen molar-refractivity contribution < 1.29 is 14.3 Å². The van der Waals surface area contributed by atoms with E-state index in [9.17, 15) is 9.59 Å². The van der Waals surface area contributed by atoms with Crippen molar-refractivity contribution >= 4 is 11.8 Å². The highest BCUT2D eigenvalue weighted by Gasteiger charge is 2.34. The summed E-state index contributed by atoms with van der Waals surface area (Å²) in [7, 11) is 0. The molecule has 1 aliphatic heterocycles. The quantitative estimate of drug-likeness (QED) is 0.579. The van der Waals surface area contributed by atoms with Gasteiger partial charge in [0.15, 0.2) is 0 Å². The topological polar surface area (TPSA) is 70.4 Å². The third-order valence-electron chi connectivity index (χ3n) is 2.03. The van der Waals surface area contributed by atoms with Crippen LogP contribution in [0.3, 0.4) is 0 Å². The minimum Gasteiger partial charge on any atom is -0.362 e. The molecular formula is C9H12N2O3. The fourth-order valence-corrected chi connectivity index (χ4v) is 1.32. The highest BCUT2D eigenvalue weighted by molar-refractivity contribution is 5.99. The first-order valence-corrected chi connectivity index (χ1v) is 4.40. The average Bonchev–Trinajstić information content (AvgIpc) is 2.10. The molecule has 1 rings (SSSR count). The van der Waals surface area contributed by atoms with E-state index in [1.807, 2.05) is 6.07 Å². The van der Waals surface area contributed by atoms with Gasteiger partial charge in [0.2, 0.25) is 0 Å². The van der Waals surface area contributed by atoms with Gasteiger partial charge < -0.3 is 4.74 Å². The van der Waals surface area contributed by atoms with Crippen LogP contribution >= 0.6 is 0 Å². The number of amides is 2. The Kier molecular flexibility index (Phi) is 3.20. The fourth-order valence-electron chi connectivity index (χ4n) is 1.32. The van der Waals surface area contributed by atoms with E-state index in [1.165, 1.54) is 0 Å². The van der Waals surface area contributed by atoms with Gasteiger partial charge in [-0.3, -0.25) is 14.5 Å². The molecule has 76 valence electrons. The Bertz CT molecular complexity index is 277. The molecule has 0 N–H and O–H groups in total. The van der Waals surface area contributed by atoms with Gasteiger partial charge in [-0.2, -0.15) is 5.26 Å². The number of carbonyl (C=O) groups excluding carboxylic acids is 2. The van der Waals surface area contributed by atoms with Gasteiger partial charge in [0.25, 0.3) is 11.8 Å². The molecule has 0 aromatic carbocycles. The van der Waals surface area contributed by atoms with Crippen LogP contribution in [0.5, 0.6) is 0 Å². The molecule has 1 unspecified atom stereocenters. The summed E-state index contributed by atoms with van der Waals surface area (Å²) in [5.41, 5.74) is 0. The zero-order valence-corrected chi connectivity index (χ0v) is 8.19. The molecule has 5 nitrogen and oxygen atoms in total. The Morgan fingerprint density at radius 3 is 2.21 bits per heavy atom. The zero-order valence-electron chi connectivity index (χ0n) is 8.19. The molecule has 0 spiro atoms. The minimum absolute atomic E-state index is 0.0639. The molecule has 5 heteroatoms. The van der Waals surface area contributed by atoms with Gasteiger partial charge in [-0.15, -0.1) is 0 Å². The number of morpholine rings is 1. The second kappa shape index (κ2) is 4.20. The molecule has 0 aliphatic carbocycles. The lowest BCUT2D eigenvalue weighted by Gasteiger charge is -2.30. The molecular weight excluding hydrogens is 184 g/mol.